The van der Waals surface area contributed by atoms with Crippen LogP contribution in [0.25, 0.3) is 0 Å². The molecule has 2 N–H and O–H groups in total. The normalized spacial score (nSPS) is 27.7. The number of rotatable bonds is 6. The van der Waals surface area contributed by atoms with Gasteiger partial charge in [0.15, 0.2) is 0 Å². The third kappa shape index (κ3) is 4.94. The molecule has 0 aliphatic carbocycles. The summed E-state index contributed by atoms with van der Waals surface area (Å²) in [4.78, 5) is 2.46. The number of likely N-dealkylation sites (tertiary alicyclic amines) is 1. The van der Waals surface area contributed by atoms with Crippen molar-refractivity contribution in [3.05, 3.63) is 0 Å². The molecule has 2 aliphatic rings. The van der Waals surface area contributed by atoms with E-state index in [1.54, 1.807) is 0 Å². The second-order valence-corrected chi connectivity index (χ2v) is 5.94. The quantitative estimate of drug-likeness (QED) is 0.684. The van der Waals surface area contributed by atoms with Crippen LogP contribution in [-0.4, -0.2) is 51.2 Å². The monoisotopic (exact) mass is 239 g/mol. The minimum Gasteiger partial charge on any atom is -0.317 e. The molecular weight excluding hydrogens is 210 g/mol. The lowest BCUT2D eigenvalue weighted by atomic mass is 9.95. The Bertz CT molecular complexity index is 195. The van der Waals surface area contributed by atoms with Crippen LogP contribution in [0.5, 0.6) is 0 Å². The zero-order valence-corrected chi connectivity index (χ0v) is 11.4. The molecule has 2 aliphatic heterocycles. The standard InChI is InChI=1S/C14H29N3/c1-17-11-6-14(12-17)5-10-16-9-4-13-2-7-15-8-3-13/h13-16H,2-12H2,1H3. The molecule has 100 valence electrons. The van der Waals surface area contributed by atoms with E-state index in [-0.39, 0.29) is 0 Å². The summed E-state index contributed by atoms with van der Waals surface area (Å²) in [7, 11) is 2.24. The molecule has 17 heavy (non-hydrogen) atoms. The fourth-order valence-electron chi connectivity index (χ4n) is 3.17. The summed E-state index contributed by atoms with van der Waals surface area (Å²) in [5.74, 6) is 1.92. The maximum Gasteiger partial charge on any atom is 0.000756 e. The first kappa shape index (κ1) is 13.3. The van der Waals surface area contributed by atoms with Crippen molar-refractivity contribution < 1.29 is 0 Å². The Balaban J connectivity index is 1.43. The van der Waals surface area contributed by atoms with Gasteiger partial charge in [0.1, 0.15) is 0 Å². The van der Waals surface area contributed by atoms with Crippen LogP contribution < -0.4 is 10.6 Å². The number of nitrogens with one attached hydrogen (secondary N) is 2. The zero-order valence-electron chi connectivity index (χ0n) is 11.4. The van der Waals surface area contributed by atoms with E-state index < -0.39 is 0 Å². The largest absolute Gasteiger partial charge is 0.317 e. The number of piperidine rings is 1. The molecule has 2 fully saturated rings. The SMILES string of the molecule is CN1CCC(CCNCCC2CCNCC2)C1. The number of hydrogen-bond donors (Lipinski definition) is 2. The molecule has 0 bridgehead atoms. The van der Waals surface area contributed by atoms with E-state index in [0.29, 0.717) is 0 Å². The van der Waals surface area contributed by atoms with Crippen LogP contribution in [0.15, 0.2) is 0 Å². The van der Waals surface area contributed by atoms with Crippen molar-refractivity contribution in [1.29, 1.82) is 0 Å². The van der Waals surface area contributed by atoms with Crippen LogP contribution in [-0.2, 0) is 0 Å². The summed E-state index contributed by atoms with van der Waals surface area (Å²) in [6, 6.07) is 0. The molecule has 3 heteroatoms. The molecule has 0 radical (unpaired) electrons. The van der Waals surface area contributed by atoms with E-state index in [9.17, 15) is 0 Å². The molecule has 0 aromatic carbocycles. The van der Waals surface area contributed by atoms with E-state index in [1.807, 2.05) is 0 Å². The Morgan fingerprint density at radius 3 is 2.41 bits per heavy atom. The van der Waals surface area contributed by atoms with Crippen molar-refractivity contribution in [2.24, 2.45) is 11.8 Å². The fourth-order valence-corrected chi connectivity index (χ4v) is 3.17. The number of hydrogen-bond acceptors (Lipinski definition) is 3. The minimum atomic E-state index is 0.950. The van der Waals surface area contributed by atoms with Crippen molar-refractivity contribution in [2.75, 3.05) is 46.3 Å². The highest BCUT2D eigenvalue weighted by Gasteiger charge is 2.18. The highest BCUT2D eigenvalue weighted by atomic mass is 15.1. The summed E-state index contributed by atoms with van der Waals surface area (Å²) < 4.78 is 0. The molecule has 0 amide bonds. The number of nitrogens with zero attached hydrogens (tertiary/aromatic N) is 1. The molecule has 2 rings (SSSR count). The first-order chi connectivity index (χ1) is 8.34. The second kappa shape index (κ2) is 7.34. The lowest BCUT2D eigenvalue weighted by molar-refractivity contribution is 0.344. The molecule has 3 nitrogen and oxygen atoms in total. The van der Waals surface area contributed by atoms with Crippen LogP contribution in [0, 0.1) is 11.8 Å². The lowest BCUT2D eigenvalue weighted by Gasteiger charge is -2.22. The van der Waals surface area contributed by atoms with Gasteiger partial charge in [-0.1, -0.05) is 0 Å². The molecule has 0 aromatic heterocycles. The average molecular weight is 239 g/mol. The zero-order chi connectivity index (χ0) is 11.9. The van der Waals surface area contributed by atoms with Crippen molar-refractivity contribution >= 4 is 0 Å². The first-order valence-corrected chi connectivity index (χ1v) is 7.44. The van der Waals surface area contributed by atoms with Gasteiger partial charge in [-0.05, 0) is 83.7 Å². The maximum atomic E-state index is 3.64. The molecular formula is C14H29N3. The molecule has 0 aromatic rings. The molecule has 1 unspecified atom stereocenters. The van der Waals surface area contributed by atoms with Gasteiger partial charge in [-0.3, -0.25) is 0 Å². The summed E-state index contributed by atoms with van der Waals surface area (Å²) >= 11 is 0. The Morgan fingerprint density at radius 1 is 1.06 bits per heavy atom. The van der Waals surface area contributed by atoms with Crippen molar-refractivity contribution in [3.63, 3.8) is 0 Å². The van der Waals surface area contributed by atoms with E-state index >= 15 is 0 Å². The van der Waals surface area contributed by atoms with Gasteiger partial charge in [0.2, 0.25) is 0 Å². The second-order valence-electron chi connectivity index (χ2n) is 5.94. The van der Waals surface area contributed by atoms with E-state index in [1.165, 1.54) is 71.4 Å². The third-order valence-electron chi connectivity index (χ3n) is 4.41. The van der Waals surface area contributed by atoms with Crippen LogP contribution in [0.3, 0.4) is 0 Å². The predicted molar refractivity (Wildman–Crippen MR) is 73.3 cm³/mol. The highest BCUT2D eigenvalue weighted by Crippen LogP contribution is 2.17. The van der Waals surface area contributed by atoms with Gasteiger partial charge in [-0.25, -0.2) is 0 Å². The first-order valence-electron chi connectivity index (χ1n) is 7.44. The maximum absolute atomic E-state index is 3.64. The lowest BCUT2D eigenvalue weighted by Crippen LogP contribution is -2.30. The van der Waals surface area contributed by atoms with Gasteiger partial charge in [-0.2, -0.15) is 0 Å². The van der Waals surface area contributed by atoms with Crippen molar-refractivity contribution in [3.8, 4) is 0 Å². The summed E-state index contributed by atoms with van der Waals surface area (Å²) in [5.41, 5.74) is 0. The third-order valence-corrected chi connectivity index (χ3v) is 4.41. The van der Waals surface area contributed by atoms with E-state index in [2.05, 4.69) is 22.6 Å². The fraction of sp³-hybridized carbons (Fsp3) is 1.00. The van der Waals surface area contributed by atoms with E-state index in [0.717, 1.165) is 11.8 Å². The van der Waals surface area contributed by atoms with Gasteiger partial charge in [0.25, 0.3) is 0 Å². The predicted octanol–water partition coefficient (Wildman–Crippen LogP) is 1.31. The average Bonchev–Trinajstić information content (AvgIpc) is 2.76. The Labute approximate surface area is 106 Å². The summed E-state index contributed by atoms with van der Waals surface area (Å²) in [5, 5.41) is 7.07. The summed E-state index contributed by atoms with van der Waals surface area (Å²) in [6.45, 7) is 7.55. The molecule has 0 saturated carbocycles. The molecule has 2 heterocycles. The van der Waals surface area contributed by atoms with Crippen LogP contribution in [0.4, 0.5) is 0 Å². The Hall–Kier alpha value is -0.120. The van der Waals surface area contributed by atoms with Crippen molar-refractivity contribution in [1.82, 2.24) is 15.5 Å². The molecule has 2 saturated heterocycles. The van der Waals surface area contributed by atoms with Crippen LogP contribution >= 0.6 is 0 Å². The topological polar surface area (TPSA) is 27.3 Å². The van der Waals surface area contributed by atoms with Gasteiger partial charge in [0, 0.05) is 6.54 Å². The van der Waals surface area contributed by atoms with Gasteiger partial charge in [0.05, 0.1) is 0 Å². The van der Waals surface area contributed by atoms with E-state index in [4.69, 9.17) is 0 Å². The minimum absolute atomic E-state index is 0.950. The van der Waals surface area contributed by atoms with Gasteiger partial charge >= 0.3 is 0 Å². The molecule has 0 spiro atoms. The van der Waals surface area contributed by atoms with Gasteiger partial charge in [-0.15, -0.1) is 0 Å². The highest BCUT2D eigenvalue weighted by molar-refractivity contribution is 4.74. The smallest absolute Gasteiger partial charge is 0.000756 e. The molecule has 1 atom stereocenters. The Morgan fingerprint density at radius 2 is 1.76 bits per heavy atom. The Kier molecular flexibility index (Phi) is 5.75. The van der Waals surface area contributed by atoms with Crippen LogP contribution in [0.2, 0.25) is 0 Å². The van der Waals surface area contributed by atoms with Crippen molar-refractivity contribution in [2.45, 2.75) is 32.1 Å². The summed E-state index contributed by atoms with van der Waals surface area (Å²) in [6.07, 6.45) is 6.93. The van der Waals surface area contributed by atoms with Gasteiger partial charge < -0.3 is 15.5 Å². The van der Waals surface area contributed by atoms with Crippen LogP contribution in [0.1, 0.15) is 32.1 Å².